The largest absolute Gasteiger partial charge is 0.497 e. The van der Waals surface area contributed by atoms with E-state index >= 15 is 0 Å². The Morgan fingerprint density at radius 2 is 1.65 bits per heavy atom. The van der Waals surface area contributed by atoms with Crippen molar-refractivity contribution in [3.8, 4) is 11.5 Å². The van der Waals surface area contributed by atoms with Crippen molar-refractivity contribution in [2.45, 2.75) is 45.6 Å². The van der Waals surface area contributed by atoms with Gasteiger partial charge in [0.05, 0.1) is 37.7 Å². The molecule has 0 unspecified atom stereocenters. The van der Waals surface area contributed by atoms with Gasteiger partial charge in [-0.15, -0.1) is 0 Å². The summed E-state index contributed by atoms with van der Waals surface area (Å²) in [5.74, 6) is 1.31. The molecular weight excluding hydrogens is 662 g/mol. The van der Waals surface area contributed by atoms with Gasteiger partial charge in [-0.05, 0) is 85.3 Å². The SMILES string of the molecule is CCCCCCOC(=O)NC(=N)c1ccc(NCc2nc3cc(C(=O)N(CCC(=O)Oc4ccc(OC)cc4)c4ccccn4)ccc3n2C)cc1. The van der Waals surface area contributed by atoms with E-state index in [1.807, 2.05) is 29.8 Å². The van der Waals surface area contributed by atoms with Crippen molar-refractivity contribution in [3.05, 3.63) is 108 Å². The number of esters is 1. The molecule has 3 aromatic carbocycles. The number of fused-ring (bicyclic) bond motifs is 1. The average Bonchev–Trinajstić information content (AvgIpc) is 3.48. The van der Waals surface area contributed by atoms with E-state index in [9.17, 15) is 14.4 Å². The van der Waals surface area contributed by atoms with E-state index in [0.717, 1.165) is 42.7 Å². The van der Waals surface area contributed by atoms with Crippen LogP contribution in [0.1, 0.15) is 60.8 Å². The van der Waals surface area contributed by atoms with E-state index in [1.54, 1.807) is 80.0 Å². The summed E-state index contributed by atoms with van der Waals surface area (Å²) in [6.45, 7) is 2.89. The van der Waals surface area contributed by atoms with Crippen LogP contribution in [-0.2, 0) is 23.1 Å². The van der Waals surface area contributed by atoms with Crippen LogP contribution in [0.5, 0.6) is 11.5 Å². The van der Waals surface area contributed by atoms with Gasteiger partial charge in [0.25, 0.3) is 5.91 Å². The Kier molecular flexibility index (Phi) is 12.9. The number of amides is 2. The zero-order valence-electron chi connectivity index (χ0n) is 29.6. The van der Waals surface area contributed by atoms with Crippen LogP contribution in [0.2, 0.25) is 0 Å². The maximum absolute atomic E-state index is 13.9. The van der Waals surface area contributed by atoms with Crippen LogP contribution in [0.4, 0.5) is 16.3 Å². The quantitative estimate of drug-likeness (QED) is 0.0327. The third-order valence-corrected chi connectivity index (χ3v) is 8.30. The third kappa shape index (κ3) is 9.93. The van der Waals surface area contributed by atoms with E-state index in [-0.39, 0.29) is 24.7 Å². The van der Waals surface area contributed by atoms with E-state index in [4.69, 9.17) is 24.6 Å². The summed E-state index contributed by atoms with van der Waals surface area (Å²) in [5.41, 5.74) is 3.22. The number of benzene rings is 3. The molecule has 270 valence electrons. The molecule has 0 atom stereocenters. The lowest BCUT2D eigenvalue weighted by molar-refractivity contribution is -0.134. The number of hydrogen-bond acceptors (Lipinski definition) is 10. The number of methoxy groups -OCH3 is 1. The van der Waals surface area contributed by atoms with Crippen LogP contribution in [0.15, 0.2) is 91.1 Å². The normalized spacial score (nSPS) is 10.8. The van der Waals surface area contributed by atoms with Gasteiger partial charge in [-0.1, -0.05) is 32.3 Å². The molecule has 0 fully saturated rings. The maximum atomic E-state index is 13.9. The molecule has 13 heteroatoms. The number of amidine groups is 1. The van der Waals surface area contributed by atoms with Crippen molar-refractivity contribution in [2.75, 3.05) is 30.5 Å². The first-order chi connectivity index (χ1) is 25.2. The summed E-state index contributed by atoms with van der Waals surface area (Å²) < 4.78 is 17.7. The van der Waals surface area contributed by atoms with Gasteiger partial charge in [0, 0.05) is 36.6 Å². The lowest BCUT2D eigenvalue weighted by Crippen LogP contribution is -2.34. The van der Waals surface area contributed by atoms with E-state index in [2.05, 4.69) is 22.5 Å². The summed E-state index contributed by atoms with van der Waals surface area (Å²) in [6, 6.07) is 24.4. The van der Waals surface area contributed by atoms with Gasteiger partial charge >= 0.3 is 12.1 Å². The second kappa shape index (κ2) is 18.1. The summed E-state index contributed by atoms with van der Waals surface area (Å²) in [5, 5.41) is 14.0. The average molecular weight is 706 g/mol. The Balaban J connectivity index is 1.20. The highest BCUT2D eigenvalue weighted by molar-refractivity contribution is 6.07. The Hall–Kier alpha value is -6.24. The summed E-state index contributed by atoms with van der Waals surface area (Å²) in [7, 11) is 3.46. The number of pyridine rings is 1. The number of rotatable bonds is 16. The summed E-state index contributed by atoms with van der Waals surface area (Å²) >= 11 is 0. The van der Waals surface area contributed by atoms with Crippen molar-refractivity contribution in [1.29, 1.82) is 5.41 Å². The molecule has 2 aromatic heterocycles. The fourth-order valence-corrected chi connectivity index (χ4v) is 5.40. The molecule has 0 saturated carbocycles. The maximum Gasteiger partial charge on any atom is 0.412 e. The Labute approximate surface area is 302 Å². The first-order valence-corrected chi connectivity index (χ1v) is 17.1. The number of anilines is 2. The molecule has 0 aliphatic rings. The van der Waals surface area contributed by atoms with Crippen LogP contribution in [-0.4, -0.2) is 58.6 Å². The molecule has 5 aromatic rings. The molecule has 0 saturated heterocycles. The van der Waals surface area contributed by atoms with Crippen molar-refractivity contribution in [2.24, 2.45) is 7.05 Å². The molecule has 0 bridgehead atoms. The third-order valence-electron chi connectivity index (χ3n) is 8.30. The molecule has 2 amide bonds. The highest BCUT2D eigenvalue weighted by Crippen LogP contribution is 2.22. The first kappa shape index (κ1) is 37.0. The minimum Gasteiger partial charge on any atom is -0.497 e. The Morgan fingerprint density at radius 1 is 0.904 bits per heavy atom. The number of unbranched alkanes of at least 4 members (excludes halogenated alkanes) is 3. The van der Waals surface area contributed by atoms with Crippen molar-refractivity contribution < 1.29 is 28.6 Å². The predicted molar refractivity (Wildman–Crippen MR) is 199 cm³/mol. The smallest absolute Gasteiger partial charge is 0.412 e. The molecule has 0 aliphatic carbocycles. The topological polar surface area (TPSA) is 161 Å². The number of nitrogens with one attached hydrogen (secondary N) is 3. The van der Waals surface area contributed by atoms with Gasteiger partial charge in [-0.2, -0.15) is 0 Å². The number of alkyl carbamates (subject to hydrolysis) is 1. The zero-order chi connectivity index (χ0) is 36.9. The molecule has 3 N–H and O–H groups in total. The molecule has 0 spiro atoms. The number of carbonyl (C=O) groups excluding carboxylic acids is 3. The molecule has 2 heterocycles. The minimum absolute atomic E-state index is 0.0408. The van der Waals surface area contributed by atoms with Gasteiger partial charge in [-0.3, -0.25) is 25.2 Å². The lowest BCUT2D eigenvalue weighted by atomic mass is 10.1. The molecule has 52 heavy (non-hydrogen) atoms. The molecular formula is C39H43N7O6. The van der Waals surface area contributed by atoms with Crippen molar-refractivity contribution in [1.82, 2.24) is 19.9 Å². The lowest BCUT2D eigenvalue weighted by Gasteiger charge is -2.21. The fraction of sp³-hybridized carbons (Fsp3) is 0.282. The Bertz CT molecular complexity index is 1980. The van der Waals surface area contributed by atoms with E-state index in [1.165, 1.54) is 4.90 Å². The van der Waals surface area contributed by atoms with E-state index in [0.29, 0.717) is 47.1 Å². The predicted octanol–water partition coefficient (Wildman–Crippen LogP) is 6.86. The Morgan fingerprint density at radius 3 is 2.37 bits per heavy atom. The molecule has 13 nitrogen and oxygen atoms in total. The number of hydrogen-bond donors (Lipinski definition) is 3. The van der Waals surface area contributed by atoms with Crippen LogP contribution in [0, 0.1) is 5.41 Å². The van der Waals surface area contributed by atoms with Crippen molar-refractivity contribution in [3.63, 3.8) is 0 Å². The highest BCUT2D eigenvalue weighted by atomic mass is 16.5. The number of nitrogens with zero attached hydrogens (tertiary/aromatic N) is 4. The standard InChI is InChI=1S/C39H43N7O6/c1-4-5-6-9-24-51-39(49)44-37(40)27-11-14-29(15-12-27)42-26-35-43-32-25-28(13-20-33(32)45(35)2)38(48)46(34-10-7-8-22-41-34)23-21-36(47)52-31-18-16-30(50-3)17-19-31/h7-8,10-20,22,25,42H,4-6,9,21,23-24,26H2,1-3H3,(H2,40,44,49). The minimum atomic E-state index is -0.634. The number of imidazole rings is 1. The second-order valence-corrected chi connectivity index (χ2v) is 12.0. The van der Waals surface area contributed by atoms with Gasteiger partial charge in [0.1, 0.15) is 29.0 Å². The molecule has 0 aliphatic heterocycles. The first-order valence-electron chi connectivity index (χ1n) is 17.1. The molecule has 5 rings (SSSR count). The van der Waals surface area contributed by atoms with Crippen LogP contribution >= 0.6 is 0 Å². The fourth-order valence-electron chi connectivity index (χ4n) is 5.40. The van der Waals surface area contributed by atoms with Crippen LogP contribution < -0.4 is 25.0 Å². The monoisotopic (exact) mass is 705 g/mol. The van der Waals surface area contributed by atoms with Gasteiger partial charge in [0.15, 0.2) is 0 Å². The second-order valence-electron chi connectivity index (χ2n) is 12.0. The van der Waals surface area contributed by atoms with Gasteiger partial charge < -0.3 is 24.1 Å². The van der Waals surface area contributed by atoms with Crippen LogP contribution in [0.3, 0.4) is 0 Å². The summed E-state index contributed by atoms with van der Waals surface area (Å²) in [4.78, 5) is 49.2. The molecule has 0 radical (unpaired) electrons. The summed E-state index contributed by atoms with van der Waals surface area (Å²) in [6.07, 6.45) is 4.91. The van der Waals surface area contributed by atoms with Crippen LogP contribution in [0.25, 0.3) is 11.0 Å². The number of aryl methyl sites for hydroxylation is 1. The van der Waals surface area contributed by atoms with E-state index < -0.39 is 12.1 Å². The number of aromatic nitrogens is 3. The zero-order valence-corrected chi connectivity index (χ0v) is 29.6. The number of ether oxygens (including phenoxy) is 3. The van der Waals surface area contributed by atoms with Crippen molar-refractivity contribution >= 4 is 46.3 Å². The highest BCUT2D eigenvalue weighted by Gasteiger charge is 2.22. The number of carbonyl (C=O) groups is 3. The van der Waals surface area contributed by atoms with Gasteiger partial charge in [0.2, 0.25) is 0 Å². The van der Waals surface area contributed by atoms with Gasteiger partial charge in [-0.25, -0.2) is 14.8 Å².